The van der Waals surface area contributed by atoms with E-state index in [1.165, 1.54) is 16.8 Å². The summed E-state index contributed by atoms with van der Waals surface area (Å²) in [7, 11) is 0. The third-order valence-corrected chi connectivity index (χ3v) is 2.39. The van der Waals surface area contributed by atoms with Gasteiger partial charge in [-0.05, 0) is 6.92 Å². The molecular weight excluding hydrogens is 264 g/mol. The van der Waals surface area contributed by atoms with Crippen LogP contribution in [0.1, 0.15) is 16.1 Å². The average Bonchev–Trinajstić information content (AvgIpc) is 2.80. The van der Waals surface area contributed by atoms with E-state index in [4.69, 9.17) is 9.84 Å². The van der Waals surface area contributed by atoms with E-state index >= 15 is 0 Å². The van der Waals surface area contributed by atoms with Gasteiger partial charge in [0.1, 0.15) is 18.0 Å². The predicted molar refractivity (Wildman–Crippen MR) is 69.9 cm³/mol. The number of carbonyl (C=O) groups excluding carboxylic acids is 1. The first-order valence-electron chi connectivity index (χ1n) is 5.66. The summed E-state index contributed by atoms with van der Waals surface area (Å²) >= 11 is 0. The lowest BCUT2D eigenvalue weighted by atomic mass is 10.3. The lowest BCUT2D eigenvalue weighted by Crippen LogP contribution is -2.16. The first-order chi connectivity index (χ1) is 9.52. The molecule has 0 aliphatic carbocycles. The highest BCUT2D eigenvalue weighted by Gasteiger charge is 2.16. The van der Waals surface area contributed by atoms with Gasteiger partial charge in [-0.2, -0.15) is 9.61 Å². The van der Waals surface area contributed by atoms with Crippen molar-refractivity contribution >= 4 is 23.5 Å². The quantitative estimate of drug-likeness (QED) is 0.819. The fourth-order valence-electron chi connectivity index (χ4n) is 1.60. The van der Waals surface area contributed by atoms with Crippen LogP contribution in [0.3, 0.4) is 0 Å². The molecule has 2 N–H and O–H groups in total. The van der Waals surface area contributed by atoms with Crippen molar-refractivity contribution in [2.45, 2.75) is 6.92 Å². The first kappa shape index (κ1) is 13.5. The monoisotopic (exact) mass is 276 g/mol. The van der Waals surface area contributed by atoms with Gasteiger partial charge in [0.15, 0.2) is 5.65 Å². The van der Waals surface area contributed by atoms with Crippen molar-refractivity contribution in [2.75, 3.05) is 11.9 Å². The summed E-state index contributed by atoms with van der Waals surface area (Å²) < 4.78 is 6.02. The van der Waals surface area contributed by atoms with E-state index in [2.05, 4.69) is 22.0 Å². The summed E-state index contributed by atoms with van der Waals surface area (Å²) in [5.41, 5.74) is 0.646. The van der Waals surface area contributed by atoms with Gasteiger partial charge in [-0.15, -0.1) is 0 Å². The molecule has 104 valence electrons. The van der Waals surface area contributed by atoms with Crippen LogP contribution in [0.2, 0.25) is 0 Å². The number of nitrogens with zero attached hydrogens (tertiary/aromatic N) is 3. The summed E-state index contributed by atoms with van der Waals surface area (Å²) in [6.45, 7) is 5.18. The number of carboxylic acid groups (broad SMARTS) is 1. The van der Waals surface area contributed by atoms with Crippen molar-refractivity contribution < 1.29 is 19.4 Å². The number of aryl methyl sites for hydroxylation is 1. The van der Waals surface area contributed by atoms with Crippen molar-refractivity contribution in [3.05, 3.63) is 36.2 Å². The Bertz CT molecular complexity index is 692. The zero-order chi connectivity index (χ0) is 14.7. The number of carbonyl (C=O) groups is 2. The summed E-state index contributed by atoms with van der Waals surface area (Å²) in [6, 6.07) is 1.56. The van der Waals surface area contributed by atoms with E-state index in [-0.39, 0.29) is 23.6 Å². The molecule has 0 aromatic carbocycles. The third kappa shape index (κ3) is 2.58. The van der Waals surface area contributed by atoms with Crippen molar-refractivity contribution in [3.63, 3.8) is 0 Å². The molecule has 2 aromatic heterocycles. The molecule has 0 aliphatic rings. The minimum atomic E-state index is -1.14. The second-order valence-corrected chi connectivity index (χ2v) is 3.89. The SMILES string of the molecule is C=CCOC(=O)Nc1cc(C)nc2c(C(=O)O)cnn12. The number of hydrogen-bond acceptors (Lipinski definition) is 5. The van der Waals surface area contributed by atoms with E-state index in [0.29, 0.717) is 5.69 Å². The fraction of sp³-hybridized carbons (Fsp3) is 0.167. The smallest absolute Gasteiger partial charge is 0.413 e. The number of anilines is 1. The molecule has 0 atom stereocenters. The van der Waals surface area contributed by atoms with Crippen molar-refractivity contribution in [2.24, 2.45) is 0 Å². The van der Waals surface area contributed by atoms with Crippen LogP contribution in [0.4, 0.5) is 10.6 Å². The molecule has 0 radical (unpaired) electrons. The van der Waals surface area contributed by atoms with Crippen molar-refractivity contribution in [1.82, 2.24) is 14.6 Å². The molecule has 0 aliphatic heterocycles. The van der Waals surface area contributed by atoms with Crippen molar-refractivity contribution in [3.8, 4) is 0 Å². The van der Waals surface area contributed by atoms with Crippen LogP contribution >= 0.6 is 0 Å². The lowest BCUT2D eigenvalue weighted by Gasteiger charge is -2.08. The summed E-state index contributed by atoms with van der Waals surface area (Å²) in [5, 5.41) is 15.4. The zero-order valence-electron chi connectivity index (χ0n) is 10.7. The molecule has 20 heavy (non-hydrogen) atoms. The highest BCUT2D eigenvalue weighted by molar-refractivity contribution is 5.94. The topological polar surface area (TPSA) is 106 Å². The maximum absolute atomic E-state index is 11.5. The highest BCUT2D eigenvalue weighted by Crippen LogP contribution is 2.16. The molecule has 0 unspecified atom stereocenters. The molecule has 8 heteroatoms. The van der Waals surface area contributed by atoms with Gasteiger partial charge in [0.25, 0.3) is 0 Å². The minimum absolute atomic E-state index is 0.0452. The van der Waals surface area contributed by atoms with Gasteiger partial charge in [0, 0.05) is 11.8 Å². The highest BCUT2D eigenvalue weighted by atomic mass is 16.5. The van der Waals surface area contributed by atoms with Gasteiger partial charge in [-0.3, -0.25) is 5.32 Å². The summed E-state index contributed by atoms with van der Waals surface area (Å²) in [4.78, 5) is 26.7. The van der Waals surface area contributed by atoms with Gasteiger partial charge >= 0.3 is 12.1 Å². The number of nitrogens with one attached hydrogen (secondary N) is 1. The van der Waals surface area contributed by atoms with Crippen LogP contribution in [0.25, 0.3) is 5.65 Å². The Morgan fingerprint density at radius 3 is 3.00 bits per heavy atom. The Morgan fingerprint density at radius 1 is 1.60 bits per heavy atom. The van der Waals surface area contributed by atoms with Gasteiger partial charge in [0.2, 0.25) is 0 Å². The average molecular weight is 276 g/mol. The van der Waals surface area contributed by atoms with E-state index in [0.717, 1.165) is 0 Å². The van der Waals surface area contributed by atoms with Crippen LogP contribution in [-0.2, 0) is 4.74 Å². The molecule has 2 aromatic rings. The Hall–Kier alpha value is -2.90. The third-order valence-electron chi connectivity index (χ3n) is 2.39. The van der Waals surface area contributed by atoms with E-state index in [1.54, 1.807) is 13.0 Å². The number of hydrogen-bond donors (Lipinski definition) is 2. The number of rotatable bonds is 4. The van der Waals surface area contributed by atoms with Gasteiger partial charge in [0.05, 0.1) is 6.20 Å². The second kappa shape index (κ2) is 5.39. The number of carboxylic acids is 1. The summed E-state index contributed by atoms with van der Waals surface area (Å²) in [5.74, 6) is -0.868. The van der Waals surface area contributed by atoms with E-state index in [9.17, 15) is 9.59 Å². The molecule has 0 fully saturated rings. The number of aromatic carboxylic acids is 1. The fourth-order valence-corrected chi connectivity index (χ4v) is 1.60. The van der Waals surface area contributed by atoms with Crippen LogP contribution in [-0.4, -0.2) is 38.4 Å². The molecule has 0 saturated heterocycles. The molecule has 2 heterocycles. The molecule has 1 amide bonds. The molecule has 2 rings (SSSR count). The normalized spacial score (nSPS) is 10.2. The Labute approximate surface area is 113 Å². The maximum atomic E-state index is 11.5. The van der Waals surface area contributed by atoms with Crippen molar-refractivity contribution in [1.29, 1.82) is 0 Å². The van der Waals surface area contributed by atoms with Crippen LogP contribution in [0.5, 0.6) is 0 Å². The number of fused-ring (bicyclic) bond motifs is 1. The number of aromatic nitrogens is 3. The number of amides is 1. The standard InChI is InChI=1S/C12H12N4O4/c1-3-4-20-12(19)15-9-5-7(2)14-10-8(11(17)18)6-13-16(9)10/h3,5-6H,1,4H2,2H3,(H,15,19)(H,17,18). The second-order valence-electron chi connectivity index (χ2n) is 3.89. The molecule has 0 bridgehead atoms. The number of ether oxygens (including phenoxy) is 1. The molecule has 8 nitrogen and oxygen atoms in total. The van der Waals surface area contributed by atoms with E-state index in [1.807, 2.05) is 0 Å². The molecule has 0 saturated carbocycles. The van der Waals surface area contributed by atoms with Gasteiger partial charge in [-0.25, -0.2) is 14.6 Å². The molecular formula is C12H12N4O4. The van der Waals surface area contributed by atoms with Crippen LogP contribution < -0.4 is 5.32 Å². The van der Waals surface area contributed by atoms with Gasteiger partial charge in [-0.1, -0.05) is 12.7 Å². The lowest BCUT2D eigenvalue weighted by molar-refractivity contribution is 0.0698. The zero-order valence-corrected chi connectivity index (χ0v) is 10.7. The predicted octanol–water partition coefficient (Wildman–Crippen LogP) is 1.47. The van der Waals surface area contributed by atoms with Crippen LogP contribution in [0, 0.1) is 6.92 Å². The molecule has 0 spiro atoms. The van der Waals surface area contributed by atoms with Gasteiger partial charge < -0.3 is 9.84 Å². The minimum Gasteiger partial charge on any atom is -0.477 e. The Morgan fingerprint density at radius 2 is 2.35 bits per heavy atom. The Kier molecular flexibility index (Phi) is 3.65. The summed E-state index contributed by atoms with van der Waals surface area (Å²) in [6.07, 6.45) is 1.91. The maximum Gasteiger partial charge on any atom is 0.413 e. The van der Waals surface area contributed by atoms with E-state index < -0.39 is 12.1 Å². The first-order valence-corrected chi connectivity index (χ1v) is 5.66. The largest absolute Gasteiger partial charge is 0.477 e. The Balaban J connectivity index is 2.40. The van der Waals surface area contributed by atoms with Crippen LogP contribution in [0.15, 0.2) is 24.9 Å².